The van der Waals surface area contributed by atoms with Crippen LogP contribution in [-0.4, -0.2) is 10.2 Å². The van der Waals surface area contributed by atoms with E-state index in [1.807, 2.05) is 0 Å². The minimum atomic E-state index is -0.675. The zero-order valence-electron chi connectivity index (χ0n) is 24.8. The van der Waals surface area contributed by atoms with E-state index in [0.717, 1.165) is 72.3 Å². The molecule has 0 radical (unpaired) electrons. The number of benzene rings is 1. The van der Waals surface area contributed by atoms with Crippen molar-refractivity contribution in [3.63, 3.8) is 0 Å². The van der Waals surface area contributed by atoms with Crippen molar-refractivity contribution < 1.29 is 10.2 Å². The Bertz CT molecular complexity index is 756. The van der Waals surface area contributed by atoms with Gasteiger partial charge in [0.25, 0.3) is 0 Å². The molecular formula is C36H58O2. The van der Waals surface area contributed by atoms with Gasteiger partial charge in [0.1, 0.15) is 0 Å². The van der Waals surface area contributed by atoms with Gasteiger partial charge < -0.3 is 10.2 Å². The fraction of sp³-hybridized carbons (Fsp3) is 0.833. The Labute approximate surface area is 234 Å². The molecule has 1 aromatic carbocycles. The van der Waals surface area contributed by atoms with Crippen molar-refractivity contribution in [1.29, 1.82) is 0 Å². The van der Waals surface area contributed by atoms with Crippen LogP contribution in [0.4, 0.5) is 0 Å². The Morgan fingerprint density at radius 3 is 1.08 bits per heavy atom. The summed E-state index contributed by atoms with van der Waals surface area (Å²) < 4.78 is 0. The highest BCUT2D eigenvalue weighted by Gasteiger charge is 2.40. The molecule has 0 unspecified atom stereocenters. The molecule has 0 amide bonds. The van der Waals surface area contributed by atoms with Crippen molar-refractivity contribution in [2.75, 3.05) is 0 Å². The van der Waals surface area contributed by atoms with Crippen molar-refractivity contribution in [2.45, 2.75) is 153 Å². The SMILES string of the molecule is CCCC1CCC(C2CCC(O)(c3ccc(C4(O)CCC(C5CCC(CCC)CC5)CC4)cc3)CC2)CC1. The minimum absolute atomic E-state index is 0.675. The van der Waals surface area contributed by atoms with Gasteiger partial charge in [0, 0.05) is 0 Å². The molecule has 0 spiro atoms. The summed E-state index contributed by atoms with van der Waals surface area (Å²) in [5.74, 6) is 5.37. The van der Waals surface area contributed by atoms with E-state index in [0.29, 0.717) is 0 Å². The summed E-state index contributed by atoms with van der Waals surface area (Å²) in [6, 6.07) is 8.57. The second-order valence-electron chi connectivity index (χ2n) is 14.5. The van der Waals surface area contributed by atoms with Crippen LogP contribution in [-0.2, 0) is 11.2 Å². The van der Waals surface area contributed by atoms with E-state index in [9.17, 15) is 10.2 Å². The number of hydrogen-bond acceptors (Lipinski definition) is 2. The molecule has 2 heteroatoms. The summed E-state index contributed by atoms with van der Waals surface area (Å²) in [5, 5.41) is 23.2. The van der Waals surface area contributed by atoms with Gasteiger partial charge in [-0.3, -0.25) is 0 Å². The van der Waals surface area contributed by atoms with Gasteiger partial charge in [-0.05, 0) is 124 Å². The second-order valence-corrected chi connectivity index (χ2v) is 14.5. The van der Waals surface area contributed by atoms with Crippen molar-refractivity contribution >= 4 is 0 Å². The Kier molecular flexibility index (Phi) is 9.62. The van der Waals surface area contributed by atoms with Crippen LogP contribution < -0.4 is 0 Å². The molecule has 0 aliphatic heterocycles. The smallest absolute Gasteiger partial charge is 0.0896 e. The standard InChI is InChI=1S/C36H58O2/c1-3-5-27-7-11-29(12-8-27)31-19-23-35(37,24-20-31)33-15-17-34(18-16-33)36(38)25-21-32(22-26-36)30-13-9-28(6-4-2)10-14-30/h15-18,27-32,37-38H,3-14,19-26H2,1-2H3. The summed E-state index contributed by atoms with van der Waals surface area (Å²) >= 11 is 0. The molecule has 4 fully saturated rings. The number of aliphatic hydroxyl groups is 2. The first-order valence-electron chi connectivity index (χ1n) is 17.0. The van der Waals surface area contributed by atoms with Gasteiger partial charge in [-0.1, -0.05) is 89.5 Å². The molecule has 0 bridgehead atoms. The Balaban J connectivity index is 1.10. The third-order valence-electron chi connectivity index (χ3n) is 12.2. The summed E-state index contributed by atoms with van der Waals surface area (Å²) in [7, 11) is 0. The highest BCUT2D eigenvalue weighted by molar-refractivity contribution is 5.31. The zero-order chi connectivity index (χ0) is 26.6. The lowest BCUT2D eigenvalue weighted by molar-refractivity contribution is -0.0290. The lowest BCUT2D eigenvalue weighted by atomic mass is 9.66. The van der Waals surface area contributed by atoms with Crippen LogP contribution >= 0.6 is 0 Å². The average Bonchev–Trinajstić information content (AvgIpc) is 2.95. The van der Waals surface area contributed by atoms with E-state index >= 15 is 0 Å². The first-order chi connectivity index (χ1) is 18.4. The zero-order valence-corrected chi connectivity index (χ0v) is 24.8. The normalized spacial score (nSPS) is 40.6. The highest BCUT2D eigenvalue weighted by atomic mass is 16.3. The third kappa shape index (κ3) is 6.54. The predicted molar refractivity (Wildman–Crippen MR) is 159 cm³/mol. The van der Waals surface area contributed by atoms with E-state index < -0.39 is 11.2 Å². The van der Waals surface area contributed by atoms with Gasteiger partial charge in [0.2, 0.25) is 0 Å². The van der Waals surface area contributed by atoms with Crippen molar-refractivity contribution in [2.24, 2.45) is 35.5 Å². The van der Waals surface area contributed by atoms with Crippen LogP contribution in [0.15, 0.2) is 24.3 Å². The maximum absolute atomic E-state index is 11.6. The first kappa shape index (κ1) is 28.7. The predicted octanol–water partition coefficient (Wildman–Crippen LogP) is 9.66. The summed E-state index contributed by atoms with van der Waals surface area (Å²) in [6.45, 7) is 4.65. The molecule has 5 rings (SSSR count). The van der Waals surface area contributed by atoms with E-state index in [1.165, 1.54) is 103 Å². The molecule has 38 heavy (non-hydrogen) atoms. The van der Waals surface area contributed by atoms with Crippen LogP contribution in [0, 0.1) is 35.5 Å². The molecule has 0 saturated heterocycles. The molecule has 214 valence electrons. The van der Waals surface area contributed by atoms with Gasteiger partial charge in [-0.2, -0.15) is 0 Å². The third-order valence-corrected chi connectivity index (χ3v) is 12.2. The summed E-state index contributed by atoms with van der Waals surface area (Å²) in [6.07, 6.45) is 25.2. The van der Waals surface area contributed by atoms with Crippen LogP contribution in [0.2, 0.25) is 0 Å². The van der Waals surface area contributed by atoms with Gasteiger partial charge in [-0.25, -0.2) is 0 Å². The Morgan fingerprint density at radius 2 is 0.789 bits per heavy atom. The van der Waals surface area contributed by atoms with Gasteiger partial charge >= 0.3 is 0 Å². The van der Waals surface area contributed by atoms with Crippen molar-refractivity contribution in [1.82, 2.24) is 0 Å². The van der Waals surface area contributed by atoms with Crippen LogP contribution in [0.3, 0.4) is 0 Å². The monoisotopic (exact) mass is 522 g/mol. The molecule has 2 nitrogen and oxygen atoms in total. The topological polar surface area (TPSA) is 40.5 Å². The van der Waals surface area contributed by atoms with Crippen molar-refractivity contribution in [3.05, 3.63) is 35.4 Å². The minimum Gasteiger partial charge on any atom is -0.385 e. The van der Waals surface area contributed by atoms with E-state index in [1.54, 1.807) is 0 Å². The first-order valence-corrected chi connectivity index (χ1v) is 17.0. The molecule has 0 heterocycles. The maximum Gasteiger partial charge on any atom is 0.0896 e. The van der Waals surface area contributed by atoms with E-state index in [4.69, 9.17) is 0 Å². The number of hydrogen-bond donors (Lipinski definition) is 2. The lowest BCUT2D eigenvalue weighted by Crippen LogP contribution is -2.36. The molecule has 0 atom stereocenters. The van der Waals surface area contributed by atoms with Gasteiger partial charge in [0.15, 0.2) is 0 Å². The fourth-order valence-corrected chi connectivity index (χ4v) is 9.56. The number of rotatable bonds is 8. The van der Waals surface area contributed by atoms with Crippen LogP contribution in [0.5, 0.6) is 0 Å². The second kappa shape index (κ2) is 12.8. The quantitative estimate of drug-likeness (QED) is 0.357. The Morgan fingerprint density at radius 1 is 0.500 bits per heavy atom. The molecule has 4 saturated carbocycles. The summed E-state index contributed by atoms with van der Waals surface area (Å²) in [4.78, 5) is 0. The molecular weight excluding hydrogens is 464 g/mol. The molecule has 2 N–H and O–H groups in total. The highest BCUT2D eigenvalue weighted by Crippen LogP contribution is 2.48. The van der Waals surface area contributed by atoms with Gasteiger partial charge in [-0.15, -0.1) is 0 Å². The largest absolute Gasteiger partial charge is 0.385 e. The lowest BCUT2D eigenvalue weighted by Gasteiger charge is -2.42. The van der Waals surface area contributed by atoms with Crippen LogP contribution in [0.25, 0.3) is 0 Å². The maximum atomic E-state index is 11.6. The van der Waals surface area contributed by atoms with Gasteiger partial charge in [0.05, 0.1) is 11.2 Å². The average molecular weight is 523 g/mol. The summed E-state index contributed by atoms with van der Waals surface area (Å²) in [5.41, 5.74) is 0.802. The molecule has 1 aromatic rings. The van der Waals surface area contributed by atoms with E-state index in [2.05, 4.69) is 38.1 Å². The molecule has 0 aromatic heterocycles. The molecule has 4 aliphatic carbocycles. The molecule has 4 aliphatic rings. The Hall–Kier alpha value is -0.860. The van der Waals surface area contributed by atoms with Crippen molar-refractivity contribution in [3.8, 4) is 0 Å². The fourth-order valence-electron chi connectivity index (χ4n) is 9.56. The van der Waals surface area contributed by atoms with Crippen LogP contribution in [0.1, 0.15) is 153 Å². The van der Waals surface area contributed by atoms with E-state index in [-0.39, 0.29) is 0 Å².